The van der Waals surface area contributed by atoms with Crippen LogP contribution in [0.4, 0.5) is 8.78 Å². The Balaban J connectivity index is 2.58. The number of furan rings is 1. The Morgan fingerprint density at radius 1 is 0.765 bits per heavy atom. The molecule has 0 aliphatic rings. The van der Waals surface area contributed by atoms with Gasteiger partial charge < -0.3 is 4.42 Å². The molecule has 1 aromatic heterocycles. The molecule has 0 fully saturated rings. The smallest absolute Gasteiger partial charge is 0.141 e. The van der Waals surface area contributed by atoms with Crippen LogP contribution in [0.25, 0.3) is 21.9 Å². The lowest BCUT2D eigenvalue weighted by Crippen LogP contribution is -1.81. The molecule has 0 aliphatic carbocycles. The molecular weight excluding hydrogens is 222 g/mol. The van der Waals surface area contributed by atoms with E-state index in [1.54, 1.807) is 0 Å². The molecule has 0 aliphatic heterocycles. The first-order valence-corrected chi connectivity index (χ1v) is 4.93. The van der Waals surface area contributed by atoms with Crippen LogP contribution >= 0.6 is 0 Å². The molecule has 4 radical (unpaired) electrons. The standard InChI is InChI=1S/C14H6F2O/c1-7-11(15)5-3-9-10-4-6-12(16)8(2)14(10)17-13(7)9/h1-6H. The van der Waals surface area contributed by atoms with E-state index in [0.29, 0.717) is 10.8 Å². The van der Waals surface area contributed by atoms with E-state index in [-0.39, 0.29) is 22.3 Å². The molecule has 0 atom stereocenters. The molecule has 82 valence electrons. The van der Waals surface area contributed by atoms with E-state index in [9.17, 15) is 8.78 Å². The highest BCUT2D eigenvalue weighted by atomic mass is 19.1. The maximum Gasteiger partial charge on any atom is 0.141 e. The average Bonchev–Trinajstić information content (AvgIpc) is 2.69. The zero-order chi connectivity index (χ0) is 12.2. The van der Waals surface area contributed by atoms with E-state index in [0.717, 1.165) is 0 Å². The SMILES string of the molecule is [CH]c1c(F)ccc2c1oc1c([CH])c(F)ccc12. The minimum Gasteiger partial charge on any atom is -0.455 e. The summed E-state index contributed by atoms with van der Waals surface area (Å²) in [5.41, 5.74) is 0.187. The number of fused-ring (bicyclic) bond motifs is 3. The highest BCUT2D eigenvalue weighted by Crippen LogP contribution is 2.34. The topological polar surface area (TPSA) is 13.1 Å². The number of hydrogen-bond donors (Lipinski definition) is 0. The summed E-state index contributed by atoms with van der Waals surface area (Å²) < 4.78 is 31.9. The van der Waals surface area contributed by atoms with E-state index in [4.69, 9.17) is 18.3 Å². The fraction of sp³-hybridized carbons (Fsp3) is 0. The van der Waals surface area contributed by atoms with Gasteiger partial charge in [0.2, 0.25) is 0 Å². The van der Waals surface area contributed by atoms with Crippen LogP contribution in [0.1, 0.15) is 11.1 Å². The summed E-state index contributed by atoms with van der Waals surface area (Å²) in [6.07, 6.45) is 0. The predicted octanol–water partition coefficient (Wildman–Crippen LogP) is 3.98. The Bertz CT molecular complexity index is 679. The lowest BCUT2D eigenvalue weighted by Gasteiger charge is -1.95. The first kappa shape index (κ1) is 10.3. The monoisotopic (exact) mass is 228 g/mol. The van der Waals surface area contributed by atoms with E-state index in [2.05, 4.69) is 0 Å². The van der Waals surface area contributed by atoms with Gasteiger partial charge in [-0.25, -0.2) is 8.78 Å². The van der Waals surface area contributed by atoms with E-state index >= 15 is 0 Å². The minimum absolute atomic E-state index is 0.0986. The van der Waals surface area contributed by atoms with Crippen molar-refractivity contribution in [2.45, 2.75) is 0 Å². The van der Waals surface area contributed by atoms with Gasteiger partial charge in [-0.2, -0.15) is 0 Å². The highest BCUT2D eigenvalue weighted by Gasteiger charge is 2.15. The van der Waals surface area contributed by atoms with Crippen molar-refractivity contribution in [1.29, 1.82) is 0 Å². The van der Waals surface area contributed by atoms with Crippen LogP contribution in [-0.4, -0.2) is 0 Å². The number of hydrogen-bond acceptors (Lipinski definition) is 1. The van der Waals surface area contributed by atoms with Crippen LogP contribution < -0.4 is 0 Å². The lowest BCUT2D eigenvalue weighted by atomic mass is 10.1. The number of benzene rings is 2. The van der Waals surface area contributed by atoms with Gasteiger partial charge in [0, 0.05) is 35.7 Å². The van der Waals surface area contributed by atoms with Crippen LogP contribution in [0, 0.1) is 25.5 Å². The van der Waals surface area contributed by atoms with Crippen molar-refractivity contribution in [3.63, 3.8) is 0 Å². The maximum absolute atomic E-state index is 13.3. The second-order valence-electron chi connectivity index (χ2n) is 3.78. The van der Waals surface area contributed by atoms with Crippen molar-refractivity contribution in [2.24, 2.45) is 0 Å². The summed E-state index contributed by atoms with van der Waals surface area (Å²) in [6, 6.07) is 5.55. The average molecular weight is 228 g/mol. The van der Waals surface area contributed by atoms with E-state index in [1.165, 1.54) is 24.3 Å². The van der Waals surface area contributed by atoms with Gasteiger partial charge in [-0.05, 0) is 24.3 Å². The maximum atomic E-state index is 13.3. The van der Waals surface area contributed by atoms with Crippen molar-refractivity contribution in [1.82, 2.24) is 0 Å². The van der Waals surface area contributed by atoms with Crippen LogP contribution in [0.5, 0.6) is 0 Å². The molecule has 0 saturated heterocycles. The minimum atomic E-state index is -0.574. The Kier molecular flexibility index (Phi) is 1.99. The van der Waals surface area contributed by atoms with Crippen molar-refractivity contribution >= 4 is 21.9 Å². The van der Waals surface area contributed by atoms with Crippen molar-refractivity contribution < 1.29 is 13.2 Å². The third-order valence-corrected chi connectivity index (χ3v) is 2.78. The van der Waals surface area contributed by atoms with Crippen molar-refractivity contribution in [3.8, 4) is 0 Å². The largest absolute Gasteiger partial charge is 0.455 e. The van der Waals surface area contributed by atoms with Gasteiger partial charge >= 0.3 is 0 Å². The summed E-state index contributed by atoms with van der Waals surface area (Å²) in [7, 11) is 0. The van der Waals surface area contributed by atoms with Crippen LogP contribution in [0.2, 0.25) is 0 Å². The molecule has 17 heavy (non-hydrogen) atoms. The molecule has 2 aromatic carbocycles. The summed E-state index contributed by atoms with van der Waals surface area (Å²) in [5, 5.41) is 1.23. The van der Waals surface area contributed by atoms with Crippen LogP contribution in [0.3, 0.4) is 0 Å². The Labute approximate surface area is 96.7 Å². The molecule has 3 heteroatoms. The van der Waals surface area contributed by atoms with Gasteiger partial charge in [-0.3, -0.25) is 0 Å². The molecule has 0 spiro atoms. The molecule has 1 nitrogen and oxygen atoms in total. The third-order valence-electron chi connectivity index (χ3n) is 2.78. The Hall–Kier alpha value is -1.90. The number of halogens is 2. The van der Waals surface area contributed by atoms with Gasteiger partial charge in [-0.1, -0.05) is 0 Å². The predicted molar refractivity (Wildman–Crippen MR) is 60.4 cm³/mol. The lowest BCUT2D eigenvalue weighted by molar-refractivity contribution is 0.604. The first-order chi connectivity index (χ1) is 8.09. The van der Waals surface area contributed by atoms with Crippen molar-refractivity contribution in [3.05, 3.63) is 60.9 Å². The third kappa shape index (κ3) is 1.28. The van der Waals surface area contributed by atoms with Crippen LogP contribution in [0.15, 0.2) is 28.7 Å². The van der Waals surface area contributed by atoms with Gasteiger partial charge in [0.25, 0.3) is 0 Å². The first-order valence-electron chi connectivity index (χ1n) is 4.93. The Morgan fingerprint density at radius 2 is 1.18 bits per heavy atom. The highest BCUT2D eigenvalue weighted by molar-refractivity contribution is 6.07. The second-order valence-corrected chi connectivity index (χ2v) is 3.78. The molecule has 3 rings (SSSR count). The van der Waals surface area contributed by atoms with Crippen LogP contribution in [-0.2, 0) is 0 Å². The van der Waals surface area contributed by atoms with Gasteiger partial charge in [0.1, 0.15) is 22.8 Å². The molecule has 0 unspecified atom stereocenters. The molecule has 0 N–H and O–H groups in total. The zero-order valence-corrected chi connectivity index (χ0v) is 8.63. The Morgan fingerprint density at radius 3 is 1.59 bits per heavy atom. The normalized spacial score (nSPS) is 11.5. The molecule has 3 aromatic rings. The van der Waals surface area contributed by atoms with Gasteiger partial charge in [0.15, 0.2) is 0 Å². The molecule has 1 heterocycles. The summed E-state index contributed by atoms with van der Waals surface area (Å²) in [4.78, 5) is 0. The van der Waals surface area contributed by atoms with Gasteiger partial charge in [-0.15, -0.1) is 0 Å². The summed E-state index contributed by atoms with van der Waals surface area (Å²) >= 11 is 0. The van der Waals surface area contributed by atoms with E-state index in [1.807, 2.05) is 0 Å². The molecule has 0 amide bonds. The molecular formula is C14H6F2O. The van der Waals surface area contributed by atoms with E-state index < -0.39 is 11.6 Å². The quantitative estimate of drug-likeness (QED) is 0.567. The molecule has 0 bridgehead atoms. The van der Waals surface area contributed by atoms with Gasteiger partial charge in [0.05, 0.1) is 0 Å². The molecule has 0 saturated carbocycles. The number of rotatable bonds is 0. The second kappa shape index (κ2) is 3.29. The fourth-order valence-electron chi connectivity index (χ4n) is 1.90. The zero-order valence-electron chi connectivity index (χ0n) is 8.63. The summed E-state index contributed by atoms with van der Waals surface area (Å²) in [5.74, 6) is -1.15. The fourth-order valence-corrected chi connectivity index (χ4v) is 1.90. The van der Waals surface area contributed by atoms with Crippen molar-refractivity contribution in [2.75, 3.05) is 0 Å². The summed E-state index contributed by atoms with van der Waals surface area (Å²) in [6.45, 7) is 11.1.